The first-order valence-corrected chi connectivity index (χ1v) is 8.43. The second-order valence-corrected chi connectivity index (χ2v) is 7.14. The smallest absolute Gasteiger partial charge is 0.261 e. The fourth-order valence-corrected chi connectivity index (χ4v) is 4.15. The van der Waals surface area contributed by atoms with Crippen LogP contribution in [-0.2, 0) is 15.1 Å². The van der Waals surface area contributed by atoms with Crippen molar-refractivity contribution in [2.75, 3.05) is 13.7 Å². The van der Waals surface area contributed by atoms with E-state index in [0.717, 1.165) is 22.9 Å². The lowest BCUT2D eigenvalue weighted by atomic mass is 9.77. The first-order chi connectivity index (χ1) is 10.5. The van der Waals surface area contributed by atoms with Crippen LogP contribution in [0.3, 0.4) is 0 Å². The maximum atomic E-state index is 13.0. The van der Waals surface area contributed by atoms with Crippen LogP contribution in [0.25, 0.3) is 0 Å². The fourth-order valence-electron chi connectivity index (χ4n) is 3.55. The van der Waals surface area contributed by atoms with Crippen LogP contribution in [0.15, 0.2) is 22.7 Å². The number of halogens is 1. The number of fused-ring (bicyclic) bond motifs is 4. The van der Waals surface area contributed by atoms with E-state index in [1.165, 1.54) is 4.90 Å². The Morgan fingerprint density at radius 2 is 2.32 bits per heavy atom. The van der Waals surface area contributed by atoms with Crippen LogP contribution in [0, 0.1) is 0 Å². The Bertz CT molecular complexity index is 683. The van der Waals surface area contributed by atoms with Crippen molar-refractivity contribution in [3.05, 3.63) is 28.2 Å². The van der Waals surface area contributed by atoms with E-state index in [0.29, 0.717) is 17.5 Å². The van der Waals surface area contributed by atoms with Gasteiger partial charge in [-0.05, 0) is 43.3 Å². The Morgan fingerprint density at radius 1 is 1.50 bits per heavy atom. The molecular formula is C15H15BrN2O3S. The van der Waals surface area contributed by atoms with Crippen LogP contribution in [0.4, 0.5) is 0 Å². The van der Waals surface area contributed by atoms with Crippen LogP contribution >= 0.6 is 28.1 Å². The lowest BCUT2D eigenvalue weighted by Crippen LogP contribution is -2.63. The number of carbonyl (C=O) groups is 1. The van der Waals surface area contributed by atoms with Gasteiger partial charge in [-0.2, -0.15) is 0 Å². The third-order valence-electron chi connectivity index (χ3n) is 4.59. The number of nitrogens with one attached hydrogen (secondary N) is 1. The number of amides is 1. The molecule has 5 nitrogen and oxygen atoms in total. The zero-order valence-corrected chi connectivity index (χ0v) is 14.4. The number of ether oxygens (including phenoxy) is 2. The number of benzene rings is 1. The summed E-state index contributed by atoms with van der Waals surface area (Å²) in [5, 5.41) is 3.66. The summed E-state index contributed by atoms with van der Waals surface area (Å²) in [6, 6.07) is 5.72. The average molecular weight is 383 g/mol. The molecule has 3 aliphatic rings. The Hall–Kier alpha value is -1.18. The molecule has 3 atom stereocenters. The molecule has 3 heterocycles. The number of carbonyl (C=O) groups excluding carboxylic acids is 1. The van der Waals surface area contributed by atoms with Gasteiger partial charge in [-0.1, -0.05) is 15.9 Å². The molecule has 116 valence electrons. The highest BCUT2D eigenvalue weighted by atomic mass is 79.9. The first kappa shape index (κ1) is 14.4. The van der Waals surface area contributed by atoms with Gasteiger partial charge in [0.1, 0.15) is 18.0 Å². The van der Waals surface area contributed by atoms with E-state index in [9.17, 15) is 4.79 Å². The molecule has 0 saturated carbocycles. The van der Waals surface area contributed by atoms with Crippen molar-refractivity contribution in [3.63, 3.8) is 0 Å². The molecule has 0 bridgehead atoms. The molecule has 0 radical (unpaired) electrons. The Balaban J connectivity index is 1.95. The van der Waals surface area contributed by atoms with E-state index in [-0.39, 0.29) is 18.1 Å². The van der Waals surface area contributed by atoms with E-state index in [1.54, 1.807) is 7.05 Å². The standard InChI is InChI=1S/C15H15BrN2O3S/c1-18-13(19)15(17-14(18)22)9-7-8(16)4-5-10(9)21-11-3-2-6-20-12(11)15/h4-5,7,11-12H,2-3,6H2,1H3,(H,17,22)/t11-,12-,15-/m0/s1. The Kier molecular flexibility index (Phi) is 3.22. The molecule has 7 heteroatoms. The first-order valence-electron chi connectivity index (χ1n) is 7.22. The molecule has 2 saturated heterocycles. The van der Waals surface area contributed by atoms with Crippen molar-refractivity contribution in [2.24, 2.45) is 0 Å². The zero-order chi connectivity index (χ0) is 15.5. The number of likely N-dealkylation sites (N-methyl/N-ethyl adjacent to an activating group) is 1. The van der Waals surface area contributed by atoms with Crippen LogP contribution < -0.4 is 10.1 Å². The Morgan fingerprint density at radius 3 is 3.05 bits per heavy atom. The number of rotatable bonds is 0. The van der Waals surface area contributed by atoms with Gasteiger partial charge in [0, 0.05) is 23.7 Å². The minimum Gasteiger partial charge on any atom is -0.487 e. The van der Waals surface area contributed by atoms with Crippen molar-refractivity contribution in [2.45, 2.75) is 30.6 Å². The van der Waals surface area contributed by atoms with Crippen LogP contribution in [0.5, 0.6) is 5.75 Å². The molecule has 3 aliphatic heterocycles. The molecule has 22 heavy (non-hydrogen) atoms. The Labute approximate surface area is 142 Å². The van der Waals surface area contributed by atoms with Gasteiger partial charge in [0.25, 0.3) is 5.91 Å². The van der Waals surface area contributed by atoms with Crippen LogP contribution in [-0.4, -0.2) is 41.8 Å². The normalized spacial score (nSPS) is 33.3. The topological polar surface area (TPSA) is 50.8 Å². The van der Waals surface area contributed by atoms with Gasteiger partial charge < -0.3 is 14.8 Å². The molecule has 4 rings (SSSR count). The van der Waals surface area contributed by atoms with Gasteiger partial charge in [-0.25, -0.2) is 0 Å². The SMILES string of the molecule is CN1C(=O)[C@]2(NC1=S)c1cc(Br)ccc1O[C@H]1CCCO[C@@H]12. The second-order valence-electron chi connectivity index (χ2n) is 5.83. The third-order valence-corrected chi connectivity index (χ3v) is 5.46. The summed E-state index contributed by atoms with van der Waals surface area (Å²) in [6.45, 7) is 0.626. The molecule has 0 aromatic heterocycles. The highest BCUT2D eigenvalue weighted by Crippen LogP contribution is 2.47. The van der Waals surface area contributed by atoms with E-state index in [4.69, 9.17) is 21.7 Å². The average Bonchev–Trinajstić information content (AvgIpc) is 2.74. The summed E-state index contributed by atoms with van der Waals surface area (Å²) in [4.78, 5) is 14.5. The molecule has 1 N–H and O–H groups in total. The van der Waals surface area contributed by atoms with Gasteiger partial charge >= 0.3 is 0 Å². The highest BCUT2D eigenvalue weighted by molar-refractivity contribution is 9.10. The van der Waals surface area contributed by atoms with Crippen molar-refractivity contribution < 1.29 is 14.3 Å². The van der Waals surface area contributed by atoms with Crippen molar-refractivity contribution in [1.82, 2.24) is 10.2 Å². The predicted molar refractivity (Wildman–Crippen MR) is 87.7 cm³/mol. The summed E-state index contributed by atoms with van der Waals surface area (Å²) in [5.74, 6) is 0.631. The lowest BCUT2D eigenvalue weighted by molar-refractivity contribution is -0.153. The minimum absolute atomic E-state index is 0.0861. The van der Waals surface area contributed by atoms with Crippen LogP contribution in [0.1, 0.15) is 18.4 Å². The van der Waals surface area contributed by atoms with Gasteiger partial charge in [0.05, 0.1) is 0 Å². The quantitative estimate of drug-likeness (QED) is 0.694. The van der Waals surface area contributed by atoms with E-state index >= 15 is 0 Å². The molecule has 2 fully saturated rings. The van der Waals surface area contributed by atoms with Crippen molar-refractivity contribution >= 4 is 39.2 Å². The number of hydrogen-bond donors (Lipinski definition) is 1. The predicted octanol–water partition coefficient (Wildman–Crippen LogP) is 1.93. The van der Waals surface area contributed by atoms with Crippen molar-refractivity contribution in [3.8, 4) is 5.75 Å². The lowest BCUT2D eigenvalue weighted by Gasteiger charge is -2.46. The van der Waals surface area contributed by atoms with E-state index < -0.39 is 5.54 Å². The van der Waals surface area contributed by atoms with Gasteiger partial charge in [-0.15, -0.1) is 0 Å². The monoisotopic (exact) mass is 382 g/mol. The highest BCUT2D eigenvalue weighted by Gasteiger charge is 2.62. The van der Waals surface area contributed by atoms with Gasteiger partial charge in [0.15, 0.2) is 10.7 Å². The minimum atomic E-state index is -0.992. The van der Waals surface area contributed by atoms with Gasteiger partial charge in [-0.3, -0.25) is 9.69 Å². The fraction of sp³-hybridized carbons (Fsp3) is 0.467. The molecular weight excluding hydrogens is 368 g/mol. The number of nitrogens with zero attached hydrogens (tertiary/aromatic N) is 1. The molecule has 1 aromatic rings. The summed E-state index contributed by atoms with van der Waals surface area (Å²) in [5.41, 5.74) is -0.212. The number of hydrogen-bond acceptors (Lipinski definition) is 4. The molecule has 0 aliphatic carbocycles. The largest absolute Gasteiger partial charge is 0.487 e. The third kappa shape index (κ3) is 1.79. The summed E-state index contributed by atoms with van der Waals surface area (Å²) in [7, 11) is 1.69. The number of thiocarbonyl (C=S) groups is 1. The van der Waals surface area contributed by atoms with Gasteiger partial charge in [0.2, 0.25) is 0 Å². The summed E-state index contributed by atoms with van der Waals surface area (Å²) in [6.07, 6.45) is 1.27. The molecule has 1 amide bonds. The second kappa shape index (κ2) is 4.91. The molecule has 0 unspecified atom stereocenters. The summed E-state index contributed by atoms with van der Waals surface area (Å²) >= 11 is 8.79. The van der Waals surface area contributed by atoms with Crippen molar-refractivity contribution in [1.29, 1.82) is 0 Å². The van der Waals surface area contributed by atoms with Crippen LogP contribution in [0.2, 0.25) is 0 Å². The summed E-state index contributed by atoms with van der Waals surface area (Å²) < 4.78 is 13.0. The van der Waals surface area contributed by atoms with E-state index in [2.05, 4.69) is 21.2 Å². The molecule has 1 spiro atoms. The molecule has 1 aromatic carbocycles. The van der Waals surface area contributed by atoms with E-state index in [1.807, 2.05) is 18.2 Å². The zero-order valence-electron chi connectivity index (χ0n) is 12.0. The maximum absolute atomic E-state index is 13.0. The maximum Gasteiger partial charge on any atom is 0.261 e.